The molecule has 46 heteroatoms. The van der Waals surface area contributed by atoms with Crippen LogP contribution >= 0.6 is 0 Å². The van der Waals surface area contributed by atoms with Gasteiger partial charge in [0.15, 0.2) is 39.9 Å². The van der Waals surface area contributed by atoms with Gasteiger partial charge in [-0.15, -0.1) is 0 Å². The number of ether oxygens (including phenoxy) is 4. The number of imidazole rings is 1. The number of benzene rings is 5. The minimum absolute atomic E-state index is 0. The smallest absolute Gasteiger partial charge is 1.00 e. The molecule has 0 saturated carbocycles. The summed E-state index contributed by atoms with van der Waals surface area (Å²) >= 11 is 0. The van der Waals surface area contributed by atoms with Gasteiger partial charge < -0.3 is 86.0 Å². The summed E-state index contributed by atoms with van der Waals surface area (Å²) in [7, 11) is -10.0. The van der Waals surface area contributed by atoms with Crippen molar-refractivity contribution in [3.05, 3.63) is 190 Å². The van der Waals surface area contributed by atoms with E-state index in [-0.39, 0.29) is 122 Å². The van der Waals surface area contributed by atoms with Crippen LogP contribution in [-0.2, 0) is 94.3 Å². The SMILES string of the molecule is CC(C)(C)OC(=O)C#C[C@@]1(O)c2ccccc2C(=O)C1(F)F.CC(C)(C)OC(=O)C#C[C@@]1(O)c2ccccc2[C@@H](O[Si](C)(C)C(C)(C)C)C1(F)F.CC(C)(C)OC(=O)C#C[C@@]1(O)c2ccccc2[C@H](O[Si](C)(C)C(C)(C)C)C1(F)F.Nc1ncnc2c1ncn2[C@@H]1O[C@H](COS(=O)(=O)NC(=O)CC[C@@]2(O)c3ccccc3[C@@H](O)C2(F)F)[C@@H](O)[C@H]1O.O=C(O)C#C[C@@]1(O)c2ccccc2[C@@H](O)C1(F)F.[B].[H-].[Na+]. The van der Waals surface area contributed by atoms with Crippen molar-refractivity contribution in [1.29, 1.82) is 0 Å². The van der Waals surface area contributed by atoms with Gasteiger partial charge in [0.25, 0.3) is 0 Å². The normalized spacial score (nSPS) is 25.4. The van der Waals surface area contributed by atoms with Gasteiger partial charge >= 0.3 is 93.4 Å². The molecule has 13 rings (SSSR count). The molecule has 6 aliphatic rings. The van der Waals surface area contributed by atoms with Crippen LogP contribution in [0.15, 0.2) is 134 Å². The zero-order valence-corrected chi connectivity index (χ0v) is 84.5. The minimum atomic E-state index is -4.83. The van der Waals surface area contributed by atoms with Crippen LogP contribution < -0.4 is 40.0 Å². The number of alkyl halides is 10. The molecule has 31 nitrogen and oxygen atoms in total. The fraction of sp³-hybridized carbons (Fsp3) is 0.479. The number of nitrogen functional groups attached to an aromatic ring is 1. The molecule has 1 aliphatic heterocycles. The Morgan fingerprint density at radius 2 is 0.879 bits per heavy atom. The van der Waals surface area contributed by atoms with Crippen molar-refractivity contribution in [3.8, 4) is 47.4 Å². The van der Waals surface area contributed by atoms with Crippen molar-refractivity contribution < 1.29 is 195 Å². The largest absolute Gasteiger partial charge is 1.00 e. The van der Waals surface area contributed by atoms with E-state index in [2.05, 4.69) is 26.8 Å². The summed E-state index contributed by atoms with van der Waals surface area (Å²) in [5.41, 5.74) is -12.3. The number of Topliss-reactive ketones (excluding diaryl/α,β-unsaturated/α-hetero) is 1. The molecule has 5 aliphatic carbocycles. The predicted octanol–water partition coefficient (Wildman–Crippen LogP) is 8.05. The Morgan fingerprint density at radius 3 is 1.30 bits per heavy atom. The number of rotatable bonds is 12. The quantitative estimate of drug-likeness (QED) is 0.0137. The number of hydrogen-bond donors (Lipinski definition) is 12. The number of nitrogens with zero attached hydrogens (tertiary/aromatic N) is 4. The third kappa shape index (κ3) is 23.4. The van der Waals surface area contributed by atoms with E-state index in [1.54, 1.807) is 92.5 Å². The Bertz CT molecular complexity index is 6130. The fourth-order valence-corrected chi connectivity index (χ4v) is 17.7. The van der Waals surface area contributed by atoms with Crippen LogP contribution in [-0.4, -0.2) is 211 Å². The maximum atomic E-state index is 15.5. The summed E-state index contributed by atoms with van der Waals surface area (Å²) in [6.45, 7) is 33.0. The maximum Gasteiger partial charge on any atom is 1.00 e. The minimum Gasteiger partial charge on any atom is -1.00 e. The van der Waals surface area contributed by atoms with Crippen molar-refractivity contribution >= 4 is 87.9 Å². The number of esters is 3. The number of ketones is 1. The maximum absolute atomic E-state index is 15.5. The second kappa shape index (κ2) is 41.3. The number of amides is 1. The van der Waals surface area contributed by atoms with E-state index in [0.717, 1.165) is 6.33 Å². The van der Waals surface area contributed by atoms with E-state index in [1.165, 1.54) is 119 Å². The molecule has 7 aromatic rings. The first kappa shape index (κ1) is 117. The van der Waals surface area contributed by atoms with Crippen molar-refractivity contribution in [2.75, 3.05) is 12.3 Å². The molecule has 1 saturated heterocycles. The van der Waals surface area contributed by atoms with Crippen LogP contribution in [0.2, 0.25) is 36.3 Å². The summed E-state index contributed by atoms with van der Waals surface area (Å²) in [6, 6.07) is 27.7. The summed E-state index contributed by atoms with van der Waals surface area (Å²) in [4.78, 5) is 81.6. The molecule has 0 spiro atoms. The van der Waals surface area contributed by atoms with Crippen molar-refractivity contribution in [1.82, 2.24) is 24.2 Å². The number of carboxylic acid groups (broad SMARTS) is 1. The molecule has 1 amide bonds. The summed E-state index contributed by atoms with van der Waals surface area (Å²) in [6.07, 6.45) is -13.1. The number of carbonyl (C=O) groups excluding carboxylic acids is 5. The van der Waals surface area contributed by atoms with E-state index in [9.17, 15) is 109 Å². The number of hydrogen-bond acceptors (Lipinski definition) is 28. The molecule has 2 aromatic heterocycles. The average Bonchev–Trinajstić information content (AvgIpc) is 1.54. The van der Waals surface area contributed by atoms with E-state index >= 15 is 17.6 Å². The second-order valence-electron chi connectivity index (χ2n) is 39.0. The van der Waals surface area contributed by atoms with Crippen molar-refractivity contribution in [2.45, 2.75) is 276 Å². The number of halogens is 10. The number of aliphatic hydroxyl groups excluding tert-OH is 4. The van der Waals surface area contributed by atoms with Gasteiger partial charge in [-0.05, 0) is 156 Å². The molecular weight excluding hydrogens is 1930 g/mol. The number of nitrogens with two attached hydrogens (primary N) is 1. The van der Waals surface area contributed by atoms with Gasteiger partial charge in [0, 0.05) is 66.3 Å². The molecule has 1 fully saturated rings. The van der Waals surface area contributed by atoms with Gasteiger partial charge in [-0.1, -0.05) is 163 Å². The van der Waals surface area contributed by atoms with Crippen LogP contribution in [0.3, 0.4) is 0 Å². The van der Waals surface area contributed by atoms with E-state index < -0.39 is 205 Å². The van der Waals surface area contributed by atoms with Crippen molar-refractivity contribution in [2.24, 2.45) is 0 Å². The Hall–Kier alpha value is -10.1. The summed E-state index contributed by atoms with van der Waals surface area (Å²) in [5.74, 6) is -12.0. The average molecular weight is 2030 g/mol. The molecule has 3 heterocycles. The van der Waals surface area contributed by atoms with Crippen LogP contribution in [0.1, 0.15) is 209 Å². The van der Waals surface area contributed by atoms with E-state index in [4.69, 9.17) is 42.8 Å². The molecule has 140 heavy (non-hydrogen) atoms. The van der Waals surface area contributed by atoms with Gasteiger partial charge in [0.1, 0.15) is 71.4 Å². The standard InChI is InChI=1S/C22H24F2N6O9S.2C22H30F2O4Si.C16H14F2O4.C12H8F2O4.B.Na.H/c23-22(24)17(34)10-3-1-2-4-11(10)21(22,35)6-5-13(31)29-40(36,37)38-7-12-15(32)16(33)20(39-12)30-9-28-14-18(25)26-8-27-19(14)30;2*1-19(2,3)27-17(25)13-14-21(26)16-12-10-9-11-15(16)18(22(21,23)24)28-29(7,8)20(4,5)6;1-14(2,3)22-12(19)8-9-15(21)11-7-5-4-6-10(11)13(20)16(15,17)18;13-12(14)10(17)7-3-1-2-4-8(7)11(12,18)6-5-9(15)16;;;/h1-4,8-9,12,15-17,20,32-35H,5-7H2,(H,29,31)(H2,25,26,27);2*9-12,18,26H,1-8H3;4-7,21H,1-3H3;1-4,10,17-18H,(H,15,16);;;/q;;;;;;+1;-1/t12-,15-,16-,17-,20-,21-;18-,21+;18-,21-;15-;10-,11-;;;/m10111.../s1. The van der Waals surface area contributed by atoms with Crippen LogP contribution in [0.4, 0.5) is 49.7 Å². The first-order chi connectivity index (χ1) is 62.9. The fourth-order valence-electron chi connectivity index (χ4n) is 14.5. The molecule has 13 atom stereocenters. The number of carboxylic acids is 1. The number of aliphatic carboxylic acids is 1. The zero-order chi connectivity index (χ0) is 104. The molecule has 13 N–H and O–H groups in total. The van der Waals surface area contributed by atoms with Gasteiger partial charge in [0.2, 0.25) is 34.1 Å². The van der Waals surface area contributed by atoms with Crippen LogP contribution in [0.25, 0.3) is 11.2 Å². The topological polar surface area (TPSA) is 485 Å². The number of carbonyl (C=O) groups is 6. The number of anilines is 1. The Kier molecular flexibility index (Phi) is 34.5. The first-order valence-corrected chi connectivity index (χ1v) is 49.6. The van der Waals surface area contributed by atoms with E-state index in [1.807, 2.05) is 91.4 Å². The third-order valence-electron chi connectivity index (χ3n) is 23.6. The number of aliphatic hydroxyl groups is 9. The third-order valence-corrected chi connectivity index (χ3v) is 33.4. The van der Waals surface area contributed by atoms with Gasteiger partial charge in [-0.3, -0.25) is 18.3 Å². The molecular formula is C94H107BF10N6NaO25SSi2. The number of nitrogens with one attached hydrogen (secondary N) is 1. The molecule has 3 radical (unpaired) electrons. The first-order valence-electron chi connectivity index (χ1n) is 42.3. The Morgan fingerprint density at radius 1 is 0.514 bits per heavy atom. The molecule has 751 valence electrons. The molecule has 0 bridgehead atoms. The van der Waals surface area contributed by atoms with Crippen LogP contribution in [0.5, 0.6) is 0 Å². The predicted molar refractivity (Wildman–Crippen MR) is 484 cm³/mol. The Balaban J connectivity index is 0.000000275. The second-order valence-corrected chi connectivity index (χ2v) is 49.9. The number of aromatic nitrogens is 4. The monoisotopic (exact) mass is 2030 g/mol. The Labute approximate surface area is 827 Å². The zero-order valence-electron chi connectivity index (χ0n) is 80.7. The van der Waals surface area contributed by atoms with Gasteiger partial charge in [-0.2, -0.15) is 52.3 Å². The van der Waals surface area contributed by atoms with Crippen molar-refractivity contribution in [3.63, 3.8) is 0 Å². The summed E-state index contributed by atoms with van der Waals surface area (Å²) in [5, 5.41) is 101. The molecule has 0 unspecified atom stereocenters. The number of fused-ring (bicyclic) bond motifs is 6. The van der Waals surface area contributed by atoms with Crippen LogP contribution in [0, 0.1) is 47.4 Å². The van der Waals surface area contributed by atoms with Gasteiger partial charge in [-0.25, -0.2) is 38.9 Å². The summed E-state index contributed by atoms with van der Waals surface area (Å²) < 4.78 is 212. The van der Waals surface area contributed by atoms with Gasteiger partial charge in [0.05, 0.1) is 12.9 Å². The molecule has 5 aromatic carbocycles. The van der Waals surface area contributed by atoms with E-state index in [0.29, 0.717) is 0 Å².